The third-order valence-corrected chi connectivity index (χ3v) is 3.51. The summed E-state index contributed by atoms with van der Waals surface area (Å²) in [6.45, 7) is 2.59. The van der Waals surface area contributed by atoms with Gasteiger partial charge in [-0.3, -0.25) is 0 Å². The quantitative estimate of drug-likeness (QED) is 0.514. The van der Waals surface area contributed by atoms with Gasteiger partial charge in [-0.2, -0.15) is 0 Å². The summed E-state index contributed by atoms with van der Waals surface area (Å²) in [5.41, 5.74) is 0. The number of rotatable bonds is 10. The van der Waals surface area contributed by atoms with E-state index in [0.29, 0.717) is 30.5 Å². The summed E-state index contributed by atoms with van der Waals surface area (Å²) in [5, 5.41) is 9.47. The van der Waals surface area contributed by atoms with Crippen LogP contribution in [0, 0.1) is 0 Å². The third kappa shape index (κ3) is 5.21. The Morgan fingerprint density at radius 1 is 1.00 bits per heavy atom. The molecule has 2 aliphatic heterocycles. The Hall–Kier alpha value is -1.21. The van der Waals surface area contributed by atoms with Crippen molar-refractivity contribution in [2.24, 2.45) is 0 Å². The van der Waals surface area contributed by atoms with E-state index >= 15 is 0 Å². The maximum absolute atomic E-state index is 9.47. The smallest absolute Gasteiger partial charge is 0.126 e. The second-order valence-electron chi connectivity index (χ2n) is 5.29. The van der Waals surface area contributed by atoms with Crippen molar-refractivity contribution >= 4 is 11.6 Å². The molecular formula is C15H19ClO6. The Bertz CT molecular complexity index is 455. The summed E-state index contributed by atoms with van der Waals surface area (Å²) < 4.78 is 27.1. The number of hydrogen-bond acceptors (Lipinski definition) is 6. The van der Waals surface area contributed by atoms with Gasteiger partial charge in [0.15, 0.2) is 0 Å². The van der Waals surface area contributed by atoms with E-state index in [1.54, 1.807) is 18.2 Å². The van der Waals surface area contributed by atoms with Crippen LogP contribution in [-0.2, 0) is 9.47 Å². The molecule has 0 bridgehead atoms. The van der Waals surface area contributed by atoms with E-state index in [1.165, 1.54) is 0 Å². The van der Waals surface area contributed by atoms with Crippen LogP contribution in [0.3, 0.4) is 0 Å². The molecule has 1 aromatic carbocycles. The van der Waals surface area contributed by atoms with Gasteiger partial charge in [0.2, 0.25) is 0 Å². The van der Waals surface area contributed by atoms with Crippen LogP contribution in [0.15, 0.2) is 18.2 Å². The zero-order valence-corrected chi connectivity index (χ0v) is 12.8. The Morgan fingerprint density at radius 2 is 1.45 bits per heavy atom. The molecule has 2 saturated heterocycles. The molecule has 3 unspecified atom stereocenters. The predicted octanol–water partition coefficient (Wildman–Crippen LogP) is 1.22. The molecule has 122 valence electrons. The molecule has 0 radical (unpaired) electrons. The Kier molecular flexibility index (Phi) is 5.25. The molecule has 6 nitrogen and oxygen atoms in total. The van der Waals surface area contributed by atoms with Gasteiger partial charge in [-0.25, -0.2) is 0 Å². The van der Waals surface area contributed by atoms with E-state index < -0.39 is 6.10 Å². The monoisotopic (exact) mass is 330 g/mol. The normalized spacial score (nSPS) is 23.7. The van der Waals surface area contributed by atoms with Crippen LogP contribution >= 0.6 is 11.6 Å². The molecular weight excluding hydrogens is 312 g/mol. The standard InChI is InChI=1S/C15H19ClO6/c16-4-10(17)5-18-11-1-12(19-6-14-8-21-14)3-13(2-11)20-7-15-9-22-15/h1-3,10,14-15,17H,4-9H2. The van der Waals surface area contributed by atoms with Crippen molar-refractivity contribution in [1.29, 1.82) is 0 Å². The van der Waals surface area contributed by atoms with Crippen molar-refractivity contribution in [2.75, 3.05) is 38.9 Å². The van der Waals surface area contributed by atoms with Gasteiger partial charge in [0.1, 0.15) is 55.4 Å². The molecule has 0 aliphatic carbocycles. The maximum atomic E-state index is 9.47. The Labute approximate surface area is 133 Å². The van der Waals surface area contributed by atoms with Crippen molar-refractivity contribution in [1.82, 2.24) is 0 Å². The SMILES string of the molecule is OC(CCl)COc1cc(OCC2CO2)cc(OCC2CO2)c1. The highest BCUT2D eigenvalue weighted by Crippen LogP contribution is 2.29. The lowest BCUT2D eigenvalue weighted by atomic mass is 10.3. The number of aliphatic hydroxyl groups is 1. The molecule has 2 heterocycles. The second kappa shape index (κ2) is 7.37. The number of hydrogen-bond donors (Lipinski definition) is 1. The van der Waals surface area contributed by atoms with Crippen molar-refractivity contribution in [3.8, 4) is 17.2 Å². The van der Waals surface area contributed by atoms with Crippen molar-refractivity contribution in [3.05, 3.63) is 18.2 Å². The molecule has 2 aliphatic rings. The molecule has 1 N–H and O–H groups in total. The summed E-state index contributed by atoms with van der Waals surface area (Å²) in [6.07, 6.45) is -0.367. The Morgan fingerprint density at radius 3 is 1.86 bits per heavy atom. The van der Waals surface area contributed by atoms with E-state index in [1.807, 2.05) is 0 Å². The second-order valence-corrected chi connectivity index (χ2v) is 5.60. The lowest BCUT2D eigenvalue weighted by Crippen LogP contribution is -2.19. The highest BCUT2D eigenvalue weighted by Gasteiger charge is 2.24. The van der Waals surface area contributed by atoms with Crippen LogP contribution in [0.5, 0.6) is 17.2 Å². The molecule has 22 heavy (non-hydrogen) atoms. The van der Waals surface area contributed by atoms with Crippen LogP contribution in [-0.4, -0.2) is 62.3 Å². The van der Waals surface area contributed by atoms with E-state index in [9.17, 15) is 5.11 Å². The average Bonchev–Trinajstić information content (AvgIpc) is 3.42. The number of ether oxygens (including phenoxy) is 5. The van der Waals surface area contributed by atoms with Gasteiger partial charge in [0, 0.05) is 18.2 Å². The van der Waals surface area contributed by atoms with E-state index in [4.69, 9.17) is 35.3 Å². The average molecular weight is 331 g/mol. The van der Waals surface area contributed by atoms with Crippen molar-refractivity contribution in [3.63, 3.8) is 0 Å². The minimum Gasteiger partial charge on any atom is -0.491 e. The Balaban J connectivity index is 1.61. The minimum atomic E-state index is -0.713. The fourth-order valence-corrected chi connectivity index (χ4v) is 1.83. The largest absolute Gasteiger partial charge is 0.491 e. The first-order chi connectivity index (χ1) is 10.7. The van der Waals surface area contributed by atoms with Gasteiger partial charge in [-0.15, -0.1) is 11.6 Å². The van der Waals surface area contributed by atoms with Crippen LogP contribution in [0.2, 0.25) is 0 Å². The maximum Gasteiger partial charge on any atom is 0.126 e. The third-order valence-electron chi connectivity index (χ3n) is 3.15. The van der Waals surface area contributed by atoms with Crippen molar-refractivity contribution < 1.29 is 28.8 Å². The van der Waals surface area contributed by atoms with Crippen LogP contribution in [0.4, 0.5) is 0 Å². The number of alkyl halides is 1. The fourth-order valence-electron chi connectivity index (χ4n) is 1.74. The number of halogens is 1. The summed E-state index contributed by atoms with van der Waals surface area (Å²) in [5.74, 6) is 1.96. The summed E-state index contributed by atoms with van der Waals surface area (Å²) >= 11 is 5.56. The zero-order valence-electron chi connectivity index (χ0n) is 12.1. The minimum absolute atomic E-state index is 0.115. The number of epoxide rings is 2. The van der Waals surface area contributed by atoms with Crippen molar-refractivity contribution in [2.45, 2.75) is 18.3 Å². The molecule has 3 rings (SSSR count). The number of aliphatic hydroxyl groups excluding tert-OH is 1. The van der Waals surface area contributed by atoms with E-state index in [0.717, 1.165) is 13.2 Å². The van der Waals surface area contributed by atoms with Gasteiger partial charge in [-0.05, 0) is 0 Å². The highest BCUT2D eigenvalue weighted by atomic mass is 35.5. The van der Waals surface area contributed by atoms with Crippen LogP contribution in [0.1, 0.15) is 0 Å². The van der Waals surface area contributed by atoms with Gasteiger partial charge in [0.05, 0.1) is 19.1 Å². The van der Waals surface area contributed by atoms with Crippen LogP contribution < -0.4 is 14.2 Å². The van der Waals surface area contributed by atoms with E-state index in [-0.39, 0.29) is 24.7 Å². The molecule has 0 spiro atoms. The summed E-state index contributed by atoms with van der Waals surface area (Å²) in [6, 6.07) is 5.31. The molecule has 1 aromatic rings. The van der Waals surface area contributed by atoms with Gasteiger partial charge in [-0.1, -0.05) is 0 Å². The lowest BCUT2D eigenvalue weighted by molar-refractivity contribution is 0.124. The summed E-state index contributed by atoms with van der Waals surface area (Å²) in [4.78, 5) is 0. The molecule has 0 aromatic heterocycles. The number of benzene rings is 1. The predicted molar refractivity (Wildman–Crippen MR) is 79.1 cm³/mol. The summed E-state index contributed by atoms with van der Waals surface area (Å²) in [7, 11) is 0. The molecule has 0 amide bonds. The van der Waals surface area contributed by atoms with Gasteiger partial charge < -0.3 is 28.8 Å². The molecule has 3 atom stereocenters. The van der Waals surface area contributed by atoms with Gasteiger partial charge >= 0.3 is 0 Å². The highest BCUT2D eigenvalue weighted by molar-refractivity contribution is 6.18. The molecule has 0 saturated carbocycles. The fraction of sp³-hybridized carbons (Fsp3) is 0.600. The molecule has 7 heteroatoms. The van der Waals surface area contributed by atoms with Gasteiger partial charge in [0.25, 0.3) is 0 Å². The lowest BCUT2D eigenvalue weighted by Gasteiger charge is -2.14. The zero-order chi connectivity index (χ0) is 15.4. The van der Waals surface area contributed by atoms with E-state index in [2.05, 4.69) is 0 Å². The first kappa shape index (κ1) is 15.7. The van der Waals surface area contributed by atoms with Crippen LogP contribution in [0.25, 0.3) is 0 Å². The topological polar surface area (TPSA) is 73.0 Å². The first-order valence-corrected chi connectivity index (χ1v) is 7.77. The first-order valence-electron chi connectivity index (χ1n) is 7.23. The molecule has 2 fully saturated rings.